The van der Waals surface area contributed by atoms with Crippen LogP contribution in [0.25, 0.3) is 4.96 Å². The maximum atomic E-state index is 12.2. The van der Waals surface area contributed by atoms with Crippen LogP contribution in [-0.4, -0.2) is 25.1 Å². The molecule has 0 aliphatic carbocycles. The molecule has 0 spiro atoms. The van der Waals surface area contributed by atoms with Crippen LogP contribution in [0, 0.1) is 6.92 Å². The number of fused-ring (bicyclic) bond motifs is 1. The Balaban J connectivity index is 1.98. The third-order valence-corrected chi connectivity index (χ3v) is 3.84. The van der Waals surface area contributed by atoms with Crippen LogP contribution in [0.4, 0.5) is 5.69 Å². The second kappa shape index (κ2) is 4.57. The summed E-state index contributed by atoms with van der Waals surface area (Å²) < 4.78 is 3.00. The topological polar surface area (TPSA) is 81.3 Å². The molecule has 0 aliphatic rings. The molecule has 0 radical (unpaired) electrons. The Hall–Kier alpha value is -2.48. The molecule has 102 valence electrons. The minimum absolute atomic E-state index is 0.00385. The van der Waals surface area contributed by atoms with Gasteiger partial charge in [-0.2, -0.15) is 5.10 Å². The van der Waals surface area contributed by atoms with Crippen LogP contribution in [0.2, 0.25) is 0 Å². The van der Waals surface area contributed by atoms with E-state index in [0.717, 1.165) is 5.69 Å². The summed E-state index contributed by atoms with van der Waals surface area (Å²) in [4.78, 5) is 29.0. The first-order chi connectivity index (χ1) is 9.58. The molecule has 3 aromatic rings. The van der Waals surface area contributed by atoms with Crippen LogP contribution >= 0.6 is 11.3 Å². The second-order valence-electron chi connectivity index (χ2n) is 4.25. The van der Waals surface area contributed by atoms with E-state index < -0.39 is 5.91 Å². The molecule has 0 unspecified atom stereocenters. The molecule has 3 aromatic heterocycles. The van der Waals surface area contributed by atoms with E-state index in [-0.39, 0.29) is 11.1 Å². The fourth-order valence-corrected chi connectivity index (χ4v) is 2.47. The molecule has 3 rings (SSSR count). The summed E-state index contributed by atoms with van der Waals surface area (Å²) in [5.41, 5.74) is 1.01. The van der Waals surface area contributed by atoms with E-state index >= 15 is 0 Å². The maximum Gasteiger partial charge on any atom is 0.271 e. The zero-order chi connectivity index (χ0) is 14.3. The minimum Gasteiger partial charge on any atom is -0.319 e. The monoisotopic (exact) mass is 289 g/mol. The number of hydrogen-bond donors (Lipinski definition) is 1. The van der Waals surface area contributed by atoms with E-state index in [4.69, 9.17) is 0 Å². The van der Waals surface area contributed by atoms with Crippen LogP contribution in [0.5, 0.6) is 0 Å². The van der Waals surface area contributed by atoms with Crippen molar-refractivity contribution < 1.29 is 4.79 Å². The van der Waals surface area contributed by atoms with Gasteiger partial charge >= 0.3 is 0 Å². The predicted octanol–water partition coefficient (Wildman–Crippen LogP) is 1.05. The van der Waals surface area contributed by atoms with Crippen molar-refractivity contribution in [2.24, 2.45) is 7.05 Å². The van der Waals surface area contributed by atoms with Gasteiger partial charge < -0.3 is 5.32 Å². The Morgan fingerprint density at radius 1 is 1.40 bits per heavy atom. The van der Waals surface area contributed by atoms with Crippen LogP contribution in [0.15, 0.2) is 28.8 Å². The highest BCUT2D eigenvalue weighted by atomic mass is 32.1. The number of carbonyl (C=O) groups excluding carboxylic acids is 1. The molecular formula is C12H11N5O2S. The van der Waals surface area contributed by atoms with Gasteiger partial charge in [0.05, 0.1) is 17.6 Å². The molecule has 20 heavy (non-hydrogen) atoms. The van der Waals surface area contributed by atoms with Gasteiger partial charge in [-0.05, 0) is 6.92 Å². The quantitative estimate of drug-likeness (QED) is 0.764. The van der Waals surface area contributed by atoms with E-state index in [1.54, 1.807) is 29.5 Å². The molecule has 3 heterocycles. The normalized spacial score (nSPS) is 10.9. The van der Waals surface area contributed by atoms with Crippen molar-refractivity contribution in [3.05, 3.63) is 45.6 Å². The number of carbonyl (C=O) groups is 1. The SMILES string of the molecule is Cc1c(NC(=O)c2cnc3sccn3c2=O)cnn1C. The first-order valence-electron chi connectivity index (χ1n) is 5.82. The molecule has 8 heteroatoms. The van der Waals surface area contributed by atoms with Crippen molar-refractivity contribution in [2.75, 3.05) is 5.32 Å². The second-order valence-corrected chi connectivity index (χ2v) is 5.13. The summed E-state index contributed by atoms with van der Waals surface area (Å²) in [5.74, 6) is -0.487. The van der Waals surface area contributed by atoms with Gasteiger partial charge in [0.2, 0.25) is 0 Å². The van der Waals surface area contributed by atoms with Gasteiger partial charge in [0.1, 0.15) is 5.56 Å². The first kappa shape index (κ1) is 12.5. The van der Waals surface area contributed by atoms with Gasteiger partial charge in [-0.15, -0.1) is 11.3 Å². The number of rotatable bonds is 2. The largest absolute Gasteiger partial charge is 0.319 e. The van der Waals surface area contributed by atoms with E-state index in [9.17, 15) is 9.59 Å². The number of anilines is 1. The zero-order valence-corrected chi connectivity index (χ0v) is 11.6. The molecule has 0 aromatic carbocycles. The molecule has 0 saturated carbocycles. The molecular weight excluding hydrogens is 278 g/mol. The van der Waals surface area contributed by atoms with E-state index in [2.05, 4.69) is 15.4 Å². The predicted molar refractivity (Wildman–Crippen MR) is 75.2 cm³/mol. The molecule has 0 atom stereocenters. The Morgan fingerprint density at radius 2 is 2.20 bits per heavy atom. The van der Waals surface area contributed by atoms with E-state index in [1.807, 2.05) is 6.92 Å². The van der Waals surface area contributed by atoms with Crippen LogP contribution in [0.1, 0.15) is 16.1 Å². The van der Waals surface area contributed by atoms with Gasteiger partial charge in [-0.3, -0.25) is 18.7 Å². The Morgan fingerprint density at radius 3 is 2.90 bits per heavy atom. The molecule has 0 bridgehead atoms. The lowest BCUT2D eigenvalue weighted by atomic mass is 10.3. The van der Waals surface area contributed by atoms with Crippen molar-refractivity contribution >= 4 is 27.9 Å². The number of aryl methyl sites for hydroxylation is 1. The lowest BCUT2D eigenvalue weighted by Gasteiger charge is -2.04. The Kier molecular flexibility index (Phi) is 2.87. The molecule has 1 N–H and O–H groups in total. The standard InChI is InChI=1S/C12H11N5O2S/c1-7-9(6-14-16(7)2)15-10(18)8-5-13-12-17(11(8)19)3-4-20-12/h3-6H,1-2H3,(H,15,18). The van der Waals surface area contributed by atoms with E-state index in [1.165, 1.54) is 21.9 Å². The summed E-state index contributed by atoms with van der Waals surface area (Å²) in [5, 5.41) is 8.45. The first-order valence-corrected chi connectivity index (χ1v) is 6.70. The summed E-state index contributed by atoms with van der Waals surface area (Å²) >= 11 is 1.34. The lowest BCUT2D eigenvalue weighted by Crippen LogP contribution is -2.25. The fourth-order valence-electron chi connectivity index (χ4n) is 1.79. The number of aromatic nitrogens is 4. The fraction of sp³-hybridized carbons (Fsp3) is 0.167. The molecule has 1 amide bonds. The third-order valence-electron chi connectivity index (χ3n) is 3.07. The number of nitrogens with one attached hydrogen (secondary N) is 1. The summed E-state index contributed by atoms with van der Waals surface area (Å²) in [6.07, 6.45) is 4.44. The number of amides is 1. The van der Waals surface area contributed by atoms with Gasteiger partial charge in [0, 0.05) is 24.8 Å². The minimum atomic E-state index is -0.487. The van der Waals surface area contributed by atoms with Gasteiger partial charge in [0.15, 0.2) is 4.96 Å². The van der Waals surface area contributed by atoms with E-state index in [0.29, 0.717) is 10.6 Å². The summed E-state index contributed by atoms with van der Waals surface area (Å²) in [7, 11) is 1.78. The highest BCUT2D eigenvalue weighted by Gasteiger charge is 2.15. The Labute approximate surface area is 117 Å². The average molecular weight is 289 g/mol. The van der Waals surface area contributed by atoms with Crippen LogP contribution < -0.4 is 10.9 Å². The van der Waals surface area contributed by atoms with Gasteiger partial charge in [-0.1, -0.05) is 0 Å². The Bertz CT molecular complexity index is 860. The highest BCUT2D eigenvalue weighted by molar-refractivity contribution is 7.15. The lowest BCUT2D eigenvalue weighted by molar-refractivity contribution is 0.102. The molecule has 0 aliphatic heterocycles. The number of nitrogens with zero attached hydrogens (tertiary/aromatic N) is 4. The van der Waals surface area contributed by atoms with Crippen molar-refractivity contribution in [1.29, 1.82) is 0 Å². The van der Waals surface area contributed by atoms with Crippen molar-refractivity contribution in [3.63, 3.8) is 0 Å². The van der Waals surface area contributed by atoms with Crippen molar-refractivity contribution in [2.45, 2.75) is 6.92 Å². The van der Waals surface area contributed by atoms with Gasteiger partial charge in [0.25, 0.3) is 11.5 Å². The highest BCUT2D eigenvalue weighted by Crippen LogP contribution is 2.13. The molecule has 7 nitrogen and oxygen atoms in total. The van der Waals surface area contributed by atoms with Gasteiger partial charge in [-0.25, -0.2) is 4.98 Å². The number of hydrogen-bond acceptors (Lipinski definition) is 5. The zero-order valence-electron chi connectivity index (χ0n) is 10.8. The smallest absolute Gasteiger partial charge is 0.271 e. The van der Waals surface area contributed by atoms with Crippen LogP contribution in [-0.2, 0) is 7.05 Å². The molecule has 0 fully saturated rings. The molecule has 0 saturated heterocycles. The maximum absolute atomic E-state index is 12.2. The summed E-state index contributed by atoms with van der Waals surface area (Å²) in [6.45, 7) is 1.83. The third kappa shape index (κ3) is 1.90. The summed E-state index contributed by atoms with van der Waals surface area (Å²) in [6, 6.07) is 0. The number of thiazole rings is 1. The average Bonchev–Trinajstić information content (AvgIpc) is 3.01. The van der Waals surface area contributed by atoms with Crippen LogP contribution in [0.3, 0.4) is 0 Å². The van der Waals surface area contributed by atoms with Crippen molar-refractivity contribution in [3.8, 4) is 0 Å². The van der Waals surface area contributed by atoms with Crippen molar-refractivity contribution in [1.82, 2.24) is 19.2 Å².